The van der Waals surface area contributed by atoms with Gasteiger partial charge in [-0.15, -0.1) is 0 Å². The van der Waals surface area contributed by atoms with E-state index in [0.29, 0.717) is 16.7 Å². The van der Waals surface area contributed by atoms with Crippen LogP contribution in [0.25, 0.3) is 10.8 Å². The molecule has 0 unspecified atom stereocenters. The van der Waals surface area contributed by atoms with Crippen molar-refractivity contribution in [2.24, 2.45) is 0 Å². The number of aryl methyl sites for hydroxylation is 1. The van der Waals surface area contributed by atoms with Gasteiger partial charge in [-0.2, -0.15) is 0 Å². The molecule has 0 bridgehead atoms. The number of aliphatic hydroxyl groups excluding tert-OH is 4. The van der Waals surface area contributed by atoms with Crippen LogP contribution in [0.5, 0.6) is 17.2 Å². The summed E-state index contributed by atoms with van der Waals surface area (Å²) in [7, 11) is 1.41. The van der Waals surface area contributed by atoms with Gasteiger partial charge in [0.1, 0.15) is 35.6 Å². The molecule has 0 radical (unpaired) electrons. The van der Waals surface area contributed by atoms with Crippen molar-refractivity contribution in [2.45, 2.75) is 44.1 Å². The molecule has 0 amide bonds. The van der Waals surface area contributed by atoms with E-state index in [4.69, 9.17) is 14.2 Å². The van der Waals surface area contributed by atoms with Crippen LogP contribution in [-0.2, 0) is 4.74 Å². The number of phenolic OH excluding ortho intramolecular Hbond substituents is 1. The number of benzene rings is 2. The second-order valence-corrected chi connectivity index (χ2v) is 7.59. The summed E-state index contributed by atoms with van der Waals surface area (Å²) in [6.07, 6.45) is -6.66. The lowest BCUT2D eigenvalue weighted by Gasteiger charge is -2.46. The summed E-state index contributed by atoms with van der Waals surface area (Å²) in [5, 5.41) is 61.7. The first-order valence-electron chi connectivity index (χ1n) is 9.56. The molecular weight excluding hydrogens is 412 g/mol. The Labute approximate surface area is 177 Å². The third-order valence-corrected chi connectivity index (χ3v) is 5.52. The number of aromatic hydroxyl groups is 1. The van der Waals surface area contributed by atoms with Crippen molar-refractivity contribution in [2.75, 3.05) is 20.3 Å². The number of ketones is 1. The maximum Gasteiger partial charge on any atom is 0.234 e. The van der Waals surface area contributed by atoms with Gasteiger partial charge in [-0.05, 0) is 30.9 Å². The van der Waals surface area contributed by atoms with Crippen LogP contribution >= 0.6 is 0 Å². The van der Waals surface area contributed by atoms with Gasteiger partial charge in [-0.1, -0.05) is 6.07 Å². The summed E-state index contributed by atoms with van der Waals surface area (Å²) in [5.74, 6) is -0.493. The molecule has 3 rings (SSSR count). The molecule has 6 N–H and O–H groups in total. The smallest absolute Gasteiger partial charge is 0.234 e. The lowest BCUT2D eigenvalue weighted by atomic mass is 9.87. The van der Waals surface area contributed by atoms with E-state index in [9.17, 15) is 35.4 Å². The third kappa shape index (κ3) is 3.82. The van der Waals surface area contributed by atoms with E-state index in [1.165, 1.54) is 20.1 Å². The van der Waals surface area contributed by atoms with Gasteiger partial charge in [0.05, 0.1) is 31.3 Å². The molecule has 5 atom stereocenters. The molecular formula is C21H26O10. The van der Waals surface area contributed by atoms with Gasteiger partial charge >= 0.3 is 0 Å². The largest absolute Gasteiger partial charge is 0.506 e. The quantitative estimate of drug-likeness (QED) is 0.327. The second-order valence-electron chi connectivity index (χ2n) is 7.59. The van der Waals surface area contributed by atoms with E-state index in [0.717, 1.165) is 0 Å². The number of phenols is 1. The van der Waals surface area contributed by atoms with Crippen LogP contribution in [0.3, 0.4) is 0 Å². The summed E-state index contributed by atoms with van der Waals surface area (Å²) < 4.78 is 16.4. The average molecular weight is 438 g/mol. The van der Waals surface area contributed by atoms with E-state index < -0.39 is 43.4 Å². The second kappa shape index (κ2) is 8.58. The predicted octanol–water partition coefficient (Wildman–Crippen LogP) is -0.394. The minimum Gasteiger partial charge on any atom is -0.506 e. The average Bonchev–Trinajstić information content (AvgIpc) is 2.73. The number of hydrogen-bond acceptors (Lipinski definition) is 10. The molecule has 1 fully saturated rings. The van der Waals surface area contributed by atoms with Gasteiger partial charge in [0, 0.05) is 6.07 Å². The van der Waals surface area contributed by atoms with Crippen LogP contribution < -0.4 is 9.47 Å². The summed E-state index contributed by atoms with van der Waals surface area (Å²) in [5.41, 5.74) is -1.85. The number of Topliss-reactive ketones (excluding diaryl/α,β-unsaturated/α-hetero) is 1. The standard InChI is InChI=1S/C21H26O10/c1-9-4-11-5-12(29-3)6-13(16(11)18(26)15(9)10(2)24)30-20-21(28,8-23)19(27)17(25)14(7-22)31-20/h4-6,14,17,19-20,22-23,25-28H,7-8H2,1-3H3/t14-,17-,19+,20+,21-/m1/s1. The van der Waals surface area contributed by atoms with Crippen molar-refractivity contribution < 1.29 is 49.6 Å². The topological polar surface area (TPSA) is 166 Å². The number of aliphatic hydroxyl groups is 5. The lowest BCUT2D eigenvalue weighted by Crippen LogP contribution is -2.69. The molecule has 31 heavy (non-hydrogen) atoms. The molecule has 10 nitrogen and oxygen atoms in total. The van der Waals surface area contributed by atoms with Crippen molar-refractivity contribution >= 4 is 16.6 Å². The summed E-state index contributed by atoms with van der Waals surface area (Å²) in [4.78, 5) is 12.1. The highest BCUT2D eigenvalue weighted by atomic mass is 16.7. The van der Waals surface area contributed by atoms with Crippen molar-refractivity contribution in [3.05, 3.63) is 29.3 Å². The summed E-state index contributed by atoms with van der Waals surface area (Å²) in [6.45, 7) is 1.22. The van der Waals surface area contributed by atoms with Crippen LogP contribution in [-0.4, -0.2) is 86.9 Å². The number of ether oxygens (including phenoxy) is 3. The maximum absolute atomic E-state index is 12.1. The molecule has 0 aromatic heterocycles. The van der Waals surface area contributed by atoms with Crippen LogP contribution in [0.15, 0.2) is 18.2 Å². The zero-order valence-corrected chi connectivity index (χ0v) is 17.3. The molecule has 170 valence electrons. The van der Waals surface area contributed by atoms with Crippen molar-refractivity contribution in [3.63, 3.8) is 0 Å². The van der Waals surface area contributed by atoms with Crippen molar-refractivity contribution in [3.8, 4) is 17.2 Å². The predicted molar refractivity (Wildman–Crippen MR) is 107 cm³/mol. The molecule has 10 heteroatoms. The fourth-order valence-electron chi connectivity index (χ4n) is 3.81. The number of fused-ring (bicyclic) bond motifs is 1. The van der Waals surface area contributed by atoms with Crippen LogP contribution in [0.4, 0.5) is 0 Å². The van der Waals surface area contributed by atoms with Gasteiger partial charge in [0.15, 0.2) is 11.4 Å². The van der Waals surface area contributed by atoms with E-state index in [-0.39, 0.29) is 28.2 Å². The Hall–Kier alpha value is -2.47. The molecule has 2 aromatic rings. The molecule has 1 aliphatic rings. The monoisotopic (exact) mass is 438 g/mol. The Bertz CT molecular complexity index is 990. The van der Waals surface area contributed by atoms with Gasteiger partial charge in [0.25, 0.3) is 0 Å². The van der Waals surface area contributed by atoms with E-state index >= 15 is 0 Å². The van der Waals surface area contributed by atoms with E-state index in [2.05, 4.69) is 0 Å². The summed E-state index contributed by atoms with van der Waals surface area (Å²) in [6, 6.07) is 4.62. The fraction of sp³-hybridized carbons (Fsp3) is 0.476. The van der Waals surface area contributed by atoms with Crippen molar-refractivity contribution in [1.82, 2.24) is 0 Å². The Morgan fingerprint density at radius 2 is 1.90 bits per heavy atom. The SMILES string of the molecule is COc1cc(O[C@H]2O[C@H](CO)[C@@H](O)[C@H](O)[C@]2(O)CO)c2c(O)c(C(C)=O)c(C)cc2c1. The van der Waals surface area contributed by atoms with Gasteiger partial charge < -0.3 is 44.8 Å². The minimum absolute atomic E-state index is 0.0770. The highest BCUT2D eigenvalue weighted by molar-refractivity contribution is 6.07. The zero-order chi connectivity index (χ0) is 23.1. The molecule has 2 aromatic carbocycles. The van der Waals surface area contributed by atoms with Gasteiger partial charge in [-0.3, -0.25) is 4.79 Å². The normalized spacial score (nSPS) is 28.5. The fourth-order valence-corrected chi connectivity index (χ4v) is 3.81. The maximum atomic E-state index is 12.1. The van der Waals surface area contributed by atoms with Crippen LogP contribution in [0, 0.1) is 6.92 Å². The number of carbonyl (C=O) groups excluding carboxylic acids is 1. The zero-order valence-electron chi connectivity index (χ0n) is 17.3. The highest BCUT2D eigenvalue weighted by Crippen LogP contribution is 2.42. The minimum atomic E-state index is -2.45. The van der Waals surface area contributed by atoms with Crippen LogP contribution in [0.1, 0.15) is 22.8 Å². The van der Waals surface area contributed by atoms with E-state index in [1.54, 1.807) is 19.1 Å². The number of carbonyl (C=O) groups is 1. The van der Waals surface area contributed by atoms with Crippen molar-refractivity contribution in [1.29, 1.82) is 0 Å². The first-order chi connectivity index (χ1) is 14.6. The van der Waals surface area contributed by atoms with Gasteiger partial charge in [-0.25, -0.2) is 0 Å². The number of rotatable bonds is 6. The third-order valence-electron chi connectivity index (χ3n) is 5.52. The lowest BCUT2D eigenvalue weighted by molar-refractivity contribution is -0.327. The molecule has 1 aliphatic heterocycles. The Kier molecular flexibility index (Phi) is 6.42. The Balaban J connectivity index is 2.19. The molecule has 1 heterocycles. The molecule has 0 aliphatic carbocycles. The Morgan fingerprint density at radius 1 is 1.23 bits per heavy atom. The molecule has 0 spiro atoms. The Morgan fingerprint density at radius 3 is 2.45 bits per heavy atom. The summed E-state index contributed by atoms with van der Waals surface area (Å²) >= 11 is 0. The first kappa shape index (κ1) is 23.2. The van der Waals surface area contributed by atoms with E-state index in [1.807, 2.05) is 0 Å². The molecule has 0 saturated carbocycles. The first-order valence-corrected chi connectivity index (χ1v) is 9.56. The number of methoxy groups -OCH3 is 1. The highest BCUT2D eigenvalue weighted by Gasteiger charge is 2.56. The van der Waals surface area contributed by atoms with Crippen LogP contribution in [0.2, 0.25) is 0 Å². The molecule has 1 saturated heterocycles. The van der Waals surface area contributed by atoms with Gasteiger partial charge in [0.2, 0.25) is 6.29 Å². The number of hydrogen-bond donors (Lipinski definition) is 6.